The monoisotopic (exact) mass is 405 g/mol. The van der Waals surface area contributed by atoms with Crippen LogP contribution in [-0.4, -0.2) is 39.2 Å². The van der Waals surface area contributed by atoms with Gasteiger partial charge in [-0.05, 0) is 50.2 Å². The van der Waals surface area contributed by atoms with Gasteiger partial charge < -0.3 is 34.6 Å². The molecule has 1 unspecified atom stereocenters. The highest BCUT2D eigenvalue weighted by molar-refractivity contribution is 7.99. The molecule has 0 saturated heterocycles. The second kappa shape index (κ2) is 11.9. The van der Waals surface area contributed by atoms with Crippen molar-refractivity contribution in [1.29, 1.82) is 0 Å². The van der Waals surface area contributed by atoms with E-state index in [4.69, 9.17) is 29.3 Å². The van der Waals surface area contributed by atoms with Crippen molar-refractivity contribution in [3.05, 3.63) is 48.0 Å². The number of ether oxygens (including phenoxy) is 2. The number of carboxylic acids is 2. The average Bonchev–Trinajstić information content (AvgIpc) is 2.69. The summed E-state index contributed by atoms with van der Waals surface area (Å²) in [6, 6.07) is 15.0. The molecular formula is C20H23NO6S-2. The van der Waals surface area contributed by atoms with E-state index in [1.807, 2.05) is 19.2 Å². The summed E-state index contributed by atoms with van der Waals surface area (Å²) >= 11 is 1.75. The molecule has 0 fully saturated rings. The molecule has 0 saturated carbocycles. The fraction of sp³-hybridized carbons (Fsp3) is 0.300. The third-order valence-corrected chi connectivity index (χ3v) is 4.85. The predicted molar refractivity (Wildman–Crippen MR) is 102 cm³/mol. The van der Waals surface area contributed by atoms with E-state index in [0.717, 1.165) is 22.8 Å². The molecule has 0 aliphatic carbocycles. The summed E-state index contributed by atoms with van der Waals surface area (Å²) in [6.45, 7) is 2.19. The van der Waals surface area contributed by atoms with Crippen LogP contribution in [0.15, 0.2) is 52.3 Å². The fourth-order valence-corrected chi connectivity index (χ4v) is 3.20. The van der Waals surface area contributed by atoms with Gasteiger partial charge >= 0.3 is 0 Å². The first kappa shape index (κ1) is 23.3. The molecule has 0 aromatic heterocycles. The van der Waals surface area contributed by atoms with Crippen LogP contribution in [0.1, 0.15) is 12.5 Å². The van der Waals surface area contributed by atoms with E-state index in [1.54, 1.807) is 26.0 Å². The van der Waals surface area contributed by atoms with Gasteiger partial charge in [0.1, 0.15) is 0 Å². The summed E-state index contributed by atoms with van der Waals surface area (Å²) in [7, 11) is 5.31. The van der Waals surface area contributed by atoms with E-state index in [-0.39, 0.29) is 0 Å². The van der Waals surface area contributed by atoms with Crippen molar-refractivity contribution in [2.75, 3.05) is 21.3 Å². The van der Waals surface area contributed by atoms with E-state index < -0.39 is 11.9 Å². The average molecular weight is 405 g/mol. The highest BCUT2D eigenvalue weighted by Crippen LogP contribution is 2.36. The summed E-state index contributed by atoms with van der Waals surface area (Å²) in [4.78, 5) is 20.3. The molecule has 0 aliphatic heterocycles. The third kappa shape index (κ3) is 7.50. The summed E-state index contributed by atoms with van der Waals surface area (Å²) in [5.74, 6) is -2.86. The van der Waals surface area contributed by atoms with Crippen LogP contribution >= 0.6 is 11.8 Å². The van der Waals surface area contributed by atoms with Crippen LogP contribution in [0, 0.1) is 0 Å². The Balaban J connectivity index is 0.000000568. The van der Waals surface area contributed by atoms with Gasteiger partial charge in [-0.15, -0.1) is 0 Å². The summed E-state index contributed by atoms with van der Waals surface area (Å²) in [6.07, 6.45) is 1.01. The van der Waals surface area contributed by atoms with E-state index >= 15 is 0 Å². The number of carboxylic acid groups (broad SMARTS) is 2. The van der Waals surface area contributed by atoms with E-state index in [1.165, 1.54) is 10.5 Å². The van der Waals surface area contributed by atoms with E-state index in [9.17, 15) is 0 Å². The van der Waals surface area contributed by atoms with Crippen LogP contribution in [-0.2, 0) is 16.0 Å². The minimum atomic E-state index is -2.19. The first-order chi connectivity index (χ1) is 13.3. The number of hydrogen-bond donors (Lipinski definition) is 1. The van der Waals surface area contributed by atoms with Gasteiger partial charge in [0, 0.05) is 15.8 Å². The van der Waals surface area contributed by atoms with Crippen LogP contribution in [0.4, 0.5) is 0 Å². The molecule has 0 heterocycles. The van der Waals surface area contributed by atoms with Crippen LogP contribution < -0.4 is 25.0 Å². The molecule has 152 valence electrons. The van der Waals surface area contributed by atoms with Gasteiger partial charge in [-0.2, -0.15) is 0 Å². The number of carbonyl (C=O) groups is 2. The van der Waals surface area contributed by atoms with Crippen LogP contribution in [0.25, 0.3) is 0 Å². The number of nitrogens with one attached hydrogen (secondary N) is 1. The minimum Gasteiger partial charge on any atom is -0.543 e. The zero-order valence-corrected chi connectivity index (χ0v) is 17.0. The SMILES string of the molecule is CNC(C)Cc1ccccc1Sc1ccc(OC)c(OC)c1.O=C([O-])C(=O)[O-]. The molecule has 8 heteroatoms. The maximum absolute atomic E-state index is 8.93. The van der Waals surface area contributed by atoms with Gasteiger partial charge in [0.15, 0.2) is 11.5 Å². The number of methoxy groups -OCH3 is 2. The van der Waals surface area contributed by atoms with Crippen molar-refractivity contribution in [2.24, 2.45) is 0 Å². The first-order valence-corrected chi connectivity index (χ1v) is 9.21. The molecule has 1 N–H and O–H groups in total. The van der Waals surface area contributed by atoms with E-state index in [2.05, 4.69) is 42.6 Å². The number of aliphatic carboxylic acids is 2. The molecule has 0 spiro atoms. The maximum atomic E-state index is 8.93. The fourth-order valence-electron chi connectivity index (χ4n) is 2.21. The Labute approximate surface area is 168 Å². The van der Waals surface area contributed by atoms with Gasteiger partial charge in [0.25, 0.3) is 0 Å². The van der Waals surface area contributed by atoms with Crippen molar-refractivity contribution in [2.45, 2.75) is 29.2 Å². The van der Waals surface area contributed by atoms with Crippen LogP contribution in [0.2, 0.25) is 0 Å². The smallest absolute Gasteiger partial charge is 0.161 e. The summed E-state index contributed by atoms with van der Waals surface area (Å²) in [5.41, 5.74) is 1.35. The molecule has 7 nitrogen and oxygen atoms in total. The predicted octanol–water partition coefficient (Wildman–Crippen LogP) is 0.492. The second-order valence-electron chi connectivity index (χ2n) is 5.70. The minimum absolute atomic E-state index is 0.451. The lowest BCUT2D eigenvalue weighted by atomic mass is 10.1. The number of rotatable bonds is 7. The highest BCUT2D eigenvalue weighted by atomic mass is 32.2. The van der Waals surface area contributed by atoms with E-state index in [0.29, 0.717) is 6.04 Å². The van der Waals surface area contributed by atoms with Gasteiger partial charge in [0.2, 0.25) is 0 Å². The lowest BCUT2D eigenvalue weighted by Crippen LogP contribution is -2.42. The molecule has 28 heavy (non-hydrogen) atoms. The lowest BCUT2D eigenvalue weighted by molar-refractivity contribution is -0.345. The van der Waals surface area contributed by atoms with Crippen molar-refractivity contribution in [3.63, 3.8) is 0 Å². The van der Waals surface area contributed by atoms with Crippen molar-refractivity contribution < 1.29 is 29.3 Å². The van der Waals surface area contributed by atoms with Crippen molar-refractivity contribution >= 4 is 23.7 Å². The lowest BCUT2D eigenvalue weighted by Gasteiger charge is -2.14. The van der Waals surface area contributed by atoms with Crippen molar-refractivity contribution in [3.8, 4) is 11.5 Å². The standard InChI is InChI=1S/C18H23NO2S.C2H2O4/c1-13(19-2)11-14-7-5-6-8-18(14)22-15-9-10-16(20-3)17(12-15)21-4;3-1(4)2(5)6/h5-10,12-13,19H,11H2,1-4H3;(H,3,4)(H,5,6)/p-2. The van der Waals surface area contributed by atoms with Crippen molar-refractivity contribution in [1.82, 2.24) is 5.32 Å². The molecule has 0 amide bonds. The Morgan fingerprint density at radius 2 is 1.64 bits per heavy atom. The number of benzene rings is 2. The Bertz CT molecular complexity index is 784. The molecule has 2 rings (SSSR count). The summed E-state index contributed by atoms with van der Waals surface area (Å²) in [5, 5.41) is 21.1. The number of likely N-dealkylation sites (N-methyl/N-ethyl adjacent to an activating group) is 1. The zero-order chi connectivity index (χ0) is 21.1. The van der Waals surface area contributed by atoms with Gasteiger partial charge in [-0.1, -0.05) is 30.0 Å². The Hall–Kier alpha value is -2.71. The third-order valence-electron chi connectivity index (χ3n) is 3.74. The highest BCUT2D eigenvalue weighted by Gasteiger charge is 2.10. The maximum Gasteiger partial charge on any atom is 0.161 e. The Morgan fingerprint density at radius 1 is 1.04 bits per heavy atom. The molecule has 0 radical (unpaired) electrons. The van der Waals surface area contributed by atoms with Gasteiger partial charge in [0.05, 0.1) is 26.2 Å². The van der Waals surface area contributed by atoms with Crippen LogP contribution in [0.3, 0.4) is 0 Å². The molecular weight excluding hydrogens is 382 g/mol. The van der Waals surface area contributed by atoms with Gasteiger partial charge in [-0.3, -0.25) is 0 Å². The normalized spacial score (nSPS) is 11.0. The number of hydrogen-bond acceptors (Lipinski definition) is 8. The summed E-state index contributed by atoms with van der Waals surface area (Å²) < 4.78 is 10.7. The molecule has 0 aliphatic rings. The Morgan fingerprint density at radius 3 is 2.18 bits per heavy atom. The molecule has 1 atom stereocenters. The van der Waals surface area contributed by atoms with Crippen LogP contribution in [0.5, 0.6) is 11.5 Å². The zero-order valence-electron chi connectivity index (χ0n) is 16.2. The largest absolute Gasteiger partial charge is 0.543 e. The van der Waals surface area contributed by atoms with Gasteiger partial charge in [-0.25, -0.2) is 0 Å². The number of carbonyl (C=O) groups excluding carboxylic acids is 2. The first-order valence-electron chi connectivity index (χ1n) is 8.39. The topological polar surface area (TPSA) is 111 Å². The second-order valence-corrected chi connectivity index (χ2v) is 6.81. The molecule has 2 aromatic carbocycles. The Kier molecular flexibility index (Phi) is 9.91. The molecule has 0 bridgehead atoms. The quantitative estimate of drug-likeness (QED) is 0.663. The molecule has 2 aromatic rings.